The van der Waals surface area contributed by atoms with Gasteiger partial charge in [0, 0.05) is 32.4 Å². The van der Waals surface area contributed by atoms with E-state index in [1.54, 1.807) is 22.7 Å². The molecule has 2 aromatic carbocycles. The summed E-state index contributed by atoms with van der Waals surface area (Å²) in [6.07, 6.45) is -2.02. The van der Waals surface area contributed by atoms with Crippen LogP contribution in [0.1, 0.15) is 50.9 Å². The molecular weight excluding hydrogens is 489 g/mol. The number of pyridine rings is 1. The van der Waals surface area contributed by atoms with Crippen molar-refractivity contribution >= 4 is 23.2 Å². The summed E-state index contributed by atoms with van der Waals surface area (Å²) < 4.78 is 40.2. The molecule has 0 atom stereocenters. The summed E-state index contributed by atoms with van der Waals surface area (Å²) in [7, 11) is 0. The predicted octanol–water partition coefficient (Wildman–Crippen LogP) is 6.01. The van der Waals surface area contributed by atoms with Crippen LogP contribution in [0, 0.1) is 0 Å². The Kier molecular flexibility index (Phi) is 6.49. The van der Waals surface area contributed by atoms with E-state index in [0.29, 0.717) is 48.1 Å². The van der Waals surface area contributed by atoms with Crippen LogP contribution in [-0.4, -0.2) is 20.2 Å². The van der Waals surface area contributed by atoms with Crippen molar-refractivity contribution in [1.82, 2.24) is 19.6 Å². The lowest BCUT2D eigenvalue weighted by Gasteiger charge is -2.15. The zero-order valence-electron chi connectivity index (χ0n) is 19.6. The number of hydrogen-bond donors (Lipinski definition) is 1. The van der Waals surface area contributed by atoms with Crippen LogP contribution in [0.15, 0.2) is 60.8 Å². The van der Waals surface area contributed by atoms with Gasteiger partial charge in [-0.25, -0.2) is 4.98 Å². The Balaban J connectivity index is 1.24. The van der Waals surface area contributed by atoms with Crippen LogP contribution in [0.3, 0.4) is 0 Å². The van der Waals surface area contributed by atoms with Gasteiger partial charge in [0.25, 0.3) is 5.91 Å². The fraction of sp³-hybridized carbons (Fsp3) is 0.259. The molecule has 2 aromatic heterocycles. The first kappa shape index (κ1) is 24.3. The highest BCUT2D eigenvalue weighted by Crippen LogP contribution is 2.30. The van der Waals surface area contributed by atoms with Crippen LogP contribution in [0.5, 0.6) is 0 Å². The summed E-state index contributed by atoms with van der Waals surface area (Å²) in [5.41, 5.74) is 5.38. The van der Waals surface area contributed by atoms with Gasteiger partial charge in [-0.3, -0.25) is 14.1 Å². The highest BCUT2D eigenvalue weighted by Gasteiger charge is 2.30. The number of carbonyl (C=O) groups is 1. The number of alkyl halides is 3. The zero-order chi connectivity index (χ0) is 25.4. The van der Waals surface area contributed by atoms with Gasteiger partial charge in [0.1, 0.15) is 11.3 Å². The quantitative estimate of drug-likeness (QED) is 0.344. The number of rotatable bonds is 6. The van der Waals surface area contributed by atoms with E-state index in [4.69, 9.17) is 11.6 Å². The number of amides is 1. The Morgan fingerprint density at radius 2 is 1.75 bits per heavy atom. The molecule has 0 radical (unpaired) electrons. The van der Waals surface area contributed by atoms with Crippen LogP contribution < -0.4 is 5.32 Å². The molecule has 1 aliphatic rings. The molecule has 36 heavy (non-hydrogen) atoms. The third-order valence-electron chi connectivity index (χ3n) is 6.40. The number of aromatic nitrogens is 2. The number of aryl methyl sites for hydroxylation is 1. The van der Waals surface area contributed by atoms with Crippen LogP contribution in [0.2, 0.25) is 5.02 Å². The van der Waals surface area contributed by atoms with E-state index in [1.807, 2.05) is 13.0 Å². The van der Waals surface area contributed by atoms with Crippen molar-refractivity contribution in [2.45, 2.75) is 45.7 Å². The van der Waals surface area contributed by atoms with Gasteiger partial charge in [-0.1, -0.05) is 48.9 Å². The second-order valence-electron chi connectivity index (χ2n) is 8.96. The number of benzene rings is 2. The van der Waals surface area contributed by atoms with E-state index in [0.717, 1.165) is 35.4 Å². The summed E-state index contributed by atoms with van der Waals surface area (Å²) in [5.74, 6) is -0.217. The standard InChI is InChI=1S/C27H24ClF3N4O/c1-2-23-25(35-16-22(28)9-10-24(35)33-23)26(36)32-12-18-3-6-19-14-34(15-20(19)11-18)13-17-4-7-21(8-5-17)27(29,30)31/h3-11,16H,2,12-15H2,1H3,(H,32,36). The molecule has 0 spiro atoms. The van der Waals surface area contributed by atoms with E-state index in [9.17, 15) is 18.0 Å². The number of hydrogen-bond acceptors (Lipinski definition) is 3. The molecule has 4 aromatic rings. The molecular formula is C27H24ClF3N4O. The third-order valence-corrected chi connectivity index (χ3v) is 6.63. The summed E-state index contributed by atoms with van der Waals surface area (Å²) in [4.78, 5) is 19.8. The summed E-state index contributed by atoms with van der Waals surface area (Å²) in [6, 6.07) is 15.0. The molecule has 0 aliphatic carbocycles. The molecule has 1 amide bonds. The minimum atomic E-state index is -4.33. The fourth-order valence-electron chi connectivity index (χ4n) is 4.62. The molecule has 5 nitrogen and oxygen atoms in total. The number of nitrogens with one attached hydrogen (secondary N) is 1. The van der Waals surface area contributed by atoms with Crippen molar-refractivity contribution in [2.24, 2.45) is 0 Å². The monoisotopic (exact) mass is 512 g/mol. The maximum Gasteiger partial charge on any atom is 0.416 e. The Morgan fingerprint density at radius 3 is 2.47 bits per heavy atom. The number of halogens is 4. The molecule has 3 heterocycles. The average Bonchev–Trinajstić information content (AvgIpc) is 3.42. The van der Waals surface area contributed by atoms with Gasteiger partial charge in [0.05, 0.1) is 16.3 Å². The van der Waals surface area contributed by atoms with Gasteiger partial charge in [0.2, 0.25) is 0 Å². The number of fused-ring (bicyclic) bond motifs is 2. The van der Waals surface area contributed by atoms with Crippen molar-refractivity contribution in [3.8, 4) is 0 Å². The van der Waals surface area contributed by atoms with Gasteiger partial charge in [-0.2, -0.15) is 13.2 Å². The second-order valence-corrected chi connectivity index (χ2v) is 9.40. The molecule has 0 unspecified atom stereocenters. The highest BCUT2D eigenvalue weighted by atomic mass is 35.5. The first-order valence-electron chi connectivity index (χ1n) is 11.6. The van der Waals surface area contributed by atoms with Gasteiger partial charge in [0.15, 0.2) is 0 Å². The van der Waals surface area contributed by atoms with Crippen molar-refractivity contribution in [2.75, 3.05) is 0 Å². The zero-order valence-corrected chi connectivity index (χ0v) is 20.3. The number of imidazole rings is 1. The van der Waals surface area contributed by atoms with Gasteiger partial charge >= 0.3 is 6.18 Å². The molecule has 0 saturated carbocycles. The molecule has 186 valence electrons. The summed E-state index contributed by atoms with van der Waals surface area (Å²) in [5, 5.41) is 3.52. The Labute approximate surface area is 211 Å². The van der Waals surface area contributed by atoms with Crippen molar-refractivity contribution < 1.29 is 18.0 Å². The van der Waals surface area contributed by atoms with E-state index in [1.165, 1.54) is 17.7 Å². The lowest BCUT2D eigenvalue weighted by molar-refractivity contribution is -0.137. The molecule has 0 bridgehead atoms. The molecule has 1 N–H and O–H groups in total. The van der Waals surface area contributed by atoms with E-state index in [-0.39, 0.29) is 5.91 Å². The Morgan fingerprint density at radius 1 is 1.03 bits per heavy atom. The minimum Gasteiger partial charge on any atom is -0.347 e. The normalized spacial score (nSPS) is 13.8. The molecule has 9 heteroatoms. The summed E-state index contributed by atoms with van der Waals surface area (Å²) in [6.45, 7) is 4.31. The first-order valence-corrected chi connectivity index (χ1v) is 12.0. The number of carbonyl (C=O) groups excluding carboxylic acids is 1. The van der Waals surface area contributed by atoms with Crippen molar-refractivity contribution in [1.29, 1.82) is 0 Å². The van der Waals surface area contributed by atoms with Crippen LogP contribution in [0.4, 0.5) is 13.2 Å². The van der Waals surface area contributed by atoms with E-state index in [2.05, 4.69) is 27.3 Å². The molecule has 5 rings (SSSR count). The lowest BCUT2D eigenvalue weighted by atomic mass is 10.1. The van der Waals surface area contributed by atoms with Gasteiger partial charge in [-0.15, -0.1) is 0 Å². The second kappa shape index (κ2) is 9.59. The van der Waals surface area contributed by atoms with Crippen LogP contribution in [0.25, 0.3) is 5.65 Å². The lowest BCUT2D eigenvalue weighted by Crippen LogP contribution is -2.25. The molecule has 1 aliphatic heterocycles. The maximum absolute atomic E-state index is 13.1. The fourth-order valence-corrected chi connectivity index (χ4v) is 4.78. The Bertz CT molecular complexity index is 1430. The maximum atomic E-state index is 13.1. The topological polar surface area (TPSA) is 49.6 Å². The average molecular weight is 513 g/mol. The van der Waals surface area contributed by atoms with Crippen LogP contribution in [-0.2, 0) is 38.8 Å². The third kappa shape index (κ3) is 4.96. The molecule has 0 saturated heterocycles. The van der Waals surface area contributed by atoms with E-state index >= 15 is 0 Å². The Hall–Kier alpha value is -3.36. The SMILES string of the molecule is CCc1nc2ccc(Cl)cn2c1C(=O)NCc1ccc2c(c1)CN(Cc1ccc(C(F)(F)F)cc1)C2. The predicted molar refractivity (Wildman–Crippen MR) is 132 cm³/mol. The summed E-state index contributed by atoms with van der Waals surface area (Å²) >= 11 is 6.13. The molecule has 0 fully saturated rings. The van der Waals surface area contributed by atoms with Crippen molar-refractivity contribution in [3.63, 3.8) is 0 Å². The smallest absolute Gasteiger partial charge is 0.347 e. The first-order chi connectivity index (χ1) is 17.2. The van der Waals surface area contributed by atoms with Crippen LogP contribution >= 0.6 is 11.6 Å². The van der Waals surface area contributed by atoms with E-state index < -0.39 is 11.7 Å². The van der Waals surface area contributed by atoms with Gasteiger partial charge < -0.3 is 5.32 Å². The number of nitrogens with zero attached hydrogens (tertiary/aromatic N) is 3. The van der Waals surface area contributed by atoms with Gasteiger partial charge in [-0.05, 0) is 52.9 Å². The van der Waals surface area contributed by atoms with Crippen molar-refractivity contribution in [3.05, 3.63) is 105 Å². The minimum absolute atomic E-state index is 0.217. The highest BCUT2D eigenvalue weighted by molar-refractivity contribution is 6.30. The largest absolute Gasteiger partial charge is 0.416 e.